The van der Waals surface area contributed by atoms with Gasteiger partial charge in [-0.2, -0.15) is 5.10 Å². The molecule has 1 aromatic rings. The maximum Gasteiger partial charge on any atom is 0.0537 e. The lowest BCUT2D eigenvalue weighted by molar-refractivity contribution is 0.242. The van der Waals surface area contributed by atoms with E-state index >= 15 is 0 Å². The first-order chi connectivity index (χ1) is 7.80. The quantitative estimate of drug-likeness (QED) is 0.834. The average Bonchev–Trinajstić information content (AvgIpc) is 2.94. The molecule has 0 bridgehead atoms. The Morgan fingerprint density at radius 2 is 2.25 bits per heavy atom. The molecule has 2 heterocycles. The van der Waals surface area contributed by atoms with Gasteiger partial charge in [0.15, 0.2) is 0 Å². The lowest BCUT2D eigenvalue weighted by Crippen LogP contribution is -2.27. The molecule has 0 radical (unpaired) electrons. The van der Waals surface area contributed by atoms with Crippen molar-refractivity contribution in [1.29, 1.82) is 0 Å². The second-order valence-corrected chi connectivity index (χ2v) is 4.49. The van der Waals surface area contributed by atoms with Gasteiger partial charge in [-0.1, -0.05) is 6.92 Å². The Kier molecular flexibility index (Phi) is 3.61. The van der Waals surface area contributed by atoms with E-state index in [1.165, 1.54) is 18.5 Å². The first-order valence-corrected chi connectivity index (χ1v) is 6.26. The number of aryl methyl sites for hydroxylation is 1. The molecule has 1 aliphatic rings. The molecule has 2 unspecified atom stereocenters. The summed E-state index contributed by atoms with van der Waals surface area (Å²) in [6, 6.07) is 0.482. The molecule has 0 amide bonds. The summed E-state index contributed by atoms with van der Waals surface area (Å²) in [5, 5.41) is 4.37. The number of aromatic nitrogens is 2. The van der Waals surface area contributed by atoms with E-state index in [9.17, 15) is 0 Å². The third-order valence-electron chi connectivity index (χ3n) is 3.65. The van der Waals surface area contributed by atoms with E-state index in [0.29, 0.717) is 12.0 Å². The molecular weight excluding hydrogens is 200 g/mol. The van der Waals surface area contributed by atoms with Crippen molar-refractivity contribution in [2.75, 3.05) is 19.6 Å². The fourth-order valence-electron chi connectivity index (χ4n) is 2.72. The average molecular weight is 222 g/mol. The molecule has 1 aliphatic heterocycles. The molecule has 1 saturated heterocycles. The Balaban J connectivity index is 2.21. The number of likely N-dealkylation sites (tertiary alicyclic amines) is 1. The summed E-state index contributed by atoms with van der Waals surface area (Å²) in [7, 11) is 0. The van der Waals surface area contributed by atoms with Crippen molar-refractivity contribution < 1.29 is 0 Å². The first-order valence-electron chi connectivity index (χ1n) is 6.26. The summed E-state index contributed by atoms with van der Waals surface area (Å²) in [6.45, 7) is 8.31. The third-order valence-corrected chi connectivity index (χ3v) is 3.65. The highest BCUT2D eigenvalue weighted by molar-refractivity contribution is 5.14. The van der Waals surface area contributed by atoms with E-state index in [-0.39, 0.29) is 0 Å². The molecule has 2 rings (SSSR count). The van der Waals surface area contributed by atoms with Crippen LogP contribution in [-0.2, 0) is 6.54 Å². The number of hydrogen-bond acceptors (Lipinski definition) is 3. The van der Waals surface area contributed by atoms with Crippen molar-refractivity contribution in [2.45, 2.75) is 32.9 Å². The van der Waals surface area contributed by atoms with Crippen LogP contribution in [0.1, 0.15) is 31.9 Å². The van der Waals surface area contributed by atoms with Gasteiger partial charge in [-0.15, -0.1) is 0 Å². The zero-order valence-electron chi connectivity index (χ0n) is 10.3. The van der Waals surface area contributed by atoms with Crippen molar-refractivity contribution in [3.8, 4) is 0 Å². The second-order valence-electron chi connectivity index (χ2n) is 4.49. The van der Waals surface area contributed by atoms with Crippen molar-refractivity contribution >= 4 is 0 Å². The predicted molar refractivity (Wildman–Crippen MR) is 65.1 cm³/mol. The van der Waals surface area contributed by atoms with Crippen LogP contribution in [0, 0.1) is 5.92 Å². The highest BCUT2D eigenvalue weighted by atomic mass is 15.3. The predicted octanol–water partition coefficient (Wildman–Crippen LogP) is 1.24. The van der Waals surface area contributed by atoms with Gasteiger partial charge in [0, 0.05) is 24.3 Å². The first kappa shape index (κ1) is 11.6. The summed E-state index contributed by atoms with van der Waals surface area (Å²) in [5.41, 5.74) is 7.19. The zero-order chi connectivity index (χ0) is 11.5. The molecule has 0 aliphatic carbocycles. The van der Waals surface area contributed by atoms with Crippen LogP contribution in [0.2, 0.25) is 0 Å². The van der Waals surface area contributed by atoms with E-state index in [0.717, 1.165) is 19.6 Å². The lowest BCUT2D eigenvalue weighted by Gasteiger charge is -2.25. The maximum absolute atomic E-state index is 5.86. The van der Waals surface area contributed by atoms with Crippen LogP contribution in [0.15, 0.2) is 12.4 Å². The van der Waals surface area contributed by atoms with Gasteiger partial charge in [-0.05, 0) is 38.9 Å². The van der Waals surface area contributed by atoms with Gasteiger partial charge in [0.25, 0.3) is 0 Å². The van der Waals surface area contributed by atoms with Crippen molar-refractivity contribution in [3.63, 3.8) is 0 Å². The zero-order valence-corrected chi connectivity index (χ0v) is 10.3. The SMILES string of the molecule is CCN1CCC(CN)C1c1cnn(CC)c1. The summed E-state index contributed by atoms with van der Waals surface area (Å²) in [4.78, 5) is 2.51. The molecule has 0 spiro atoms. The summed E-state index contributed by atoms with van der Waals surface area (Å²) < 4.78 is 2.00. The van der Waals surface area contributed by atoms with Gasteiger partial charge in [-0.25, -0.2) is 0 Å². The molecule has 1 aromatic heterocycles. The second kappa shape index (κ2) is 4.97. The Hall–Kier alpha value is -0.870. The fourth-order valence-corrected chi connectivity index (χ4v) is 2.72. The standard InChI is InChI=1S/C12H22N4/c1-3-15-6-5-10(7-13)12(15)11-8-14-16(4-2)9-11/h8-10,12H,3-7,13H2,1-2H3. The topological polar surface area (TPSA) is 47.1 Å². The normalized spacial score (nSPS) is 26.4. The van der Waals surface area contributed by atoms with E-state index in [2.05, 4.69) is 30.0 Å². The molecule has 1 fully saturated rings. The molecule has 90 valence electrons. The lowest BCUT2D eigenvalue weighted by atomic mass is 9.96. The Morgan fingerprint density at radius 1 is 1.44 bits per heavy atom. The van der Waals surface area contributed by atoms with Crippen LogP contribution in [0.5, 0.6) is 0 Å². The minimum absolute atomic E-state index is 0.482. The van der Waals surface area contributed by atoms with Crippen LogP contribution in [-0.4, -0.2) is 34.3 Å². The van der Waals surface area contributed by atoms with Crippen LogP contribution >= 0.6 is 0 Å². The smallest absolute Gasteiger partial charge is 0.0537 e. The van der Waals surface area contributed by atoms with Crippen LogP contribution in [0.3, 0.4) is 0 Å². The molecule has 16 heavy (non-hydrogen) atoms. The highest BCUT2D eigenvalue weighted by Crippen LogP contribution is 2.35. The van der Waals surface area contributed by atoms with E-state index < -0.39 is 0 Å². The van der Waals surface area contributed by atoms with Gasteiger partial charge in [0.1, 0.15) is 0 Å². The summed E-state index contributed by atoms with van der Waals surface area (Å²) in [5.74, 6) is 0.592. The Labute approximate surface area is 97.4 Å². The van der Waals surface area contributed by atoms with Crippen LogP contribution < -0.4 is 5.73 Å². The minimum Gasteiger partial charge on any atom is -0.330 e. The molecule has 4 heteroatoms. The largest absolute Gasteiger partial charge is 0.330 e. The van der Waals surface area contributed by atoms with Crippen LogP contribution in [0.4, 0.5) is 0 Å². The van der Waals surface area contributed by atoms with Crippen molar-refractivity contribution in [2.24, 2.45) is 11.7 Å². The van der Waals surface area contributed by atoms with Gasteiger partial charge in [-0.3, -0.25) is 9.58 Å². The number of nitrogens with two attached hydrogens (primary N) is 1. The van der Waals surface area contributed by atoms with Gasteiger partial charge >= 0.3 is 0 Å². The molecular formula is C12H22N4. The Bertz CT molecular complexity index is 322. The maximum atomic E-state index is 5.86. The molecule has 4 nitrogen and oxygen atoms in total. The molecule has 2 atom stereocenters. The van der Waals surface area contributed by atoms with Crippen molar-refractivity contribution in [3.05, 3.63) is 18.0 Å². The van der Waals surface area contributed by atoms with Crippen LogP contribution in [0.25, 0.3) is 0 Å². The van der Waals surface area contributed by atoms with E-state index in [1.54, 1.807) is 0 Å². The molecule has 0 saturated carbocycles. The number of hydrogen-bond donors (Lipinski definition) is 1. The highest BCUT2D eigenvalue weighted by Gasteiger charge is 2.33. The van der Waals surface area contributed by atoms with Gasteiger partial charge in [0.05, 0.1) is 6.20 Å². The van der Waals surface area contributed by atoms with Gasteiger partial charge < -0.3 is 5.73 Å². The van der Waals surface area contributed by atoms with Crippen molar-refractivity contribution in [1.82, 2.24) is 14.7 Å². The molecule has 2 N–H and O–H groups in total. The van der Waals surface area contributed by atoms with E-state index in [1.807, 2.05) is 10.9 Å². The van der Waals surface area contributed by atoms with Gasteiger partial charge in [0.2, 0.25) is 0 Å². The fraction of sp³-hybridized carbons (Fsp3) is 0.750. The number of rotatable bonds is 4. The molecule has 0 aromatic carbocycles. The third kappa shape index (κ3) is 1.99. The summed E-state index contributed by atoms with van der Waals surface area (Å²) >= 11 is 0. The monoisotopic (exact) mass is 222 g/mol. The minimum atomic E-state index is 0.482. The Morgan fingerprint density at radius 3 is 2.81 bits per heavy atom. The summed E-state index contributed by atoms with van der Waals surface area (Å²) in [6.07, 6.45) is 5.39. The number of nitrogens with zero attached hydrogens (tertiary/aromatic N) is 3. The van der Waals surface area contributed by atoms with E-state index in [4.69, 9.17) is 5.73 Å².